The number of hydrogen-bond acceptors (Lipinski definition) is 4. The first-order valence-corrected chi connectivity index (χ1v) is 5.51. The summed E-state index contributed by atoms with van der Waals surface area (Å²) >= 11 is 0. The van der Waals surface area contributed by atoms with Gasteiger partial charge in [-0.1, -0.05) is 0 Å². The van der Waals surface area contributed by atoms with Gasteiger partial charge in [0.1, 0.15) is 0 Å². The zero-order valence-electron chi connectivity index (χ0n) is 8.91. The molecule has 14 heavy (non-hydrogen) atoms. The predicted octanol–water partition coefficient (Wildman–Crippen LogP) is -0.776. The molecule has 0 heterocycles. The zero-order valence-corrected chi connectivity index (χ0v) is 8.91. The highest BCUT2D eigenvalue weighted by Gasteiger charge is 2.37. The largest absolute Gasteiger partial charge is 0.330 e. The Labute approximate surface area is 86.4 Å². The van der Waals surface area contributed by atoms with Gasteiger partial charge in [-0.05, 0) is 62.7 Å². The Morgan fingerprint density at radius 3 is 1.93 bits per heavy atom. The molecular weight excluding hydrogens is 176 g/mol. The Balaban J connectivity index is 2.63. The number of hydrogen-bond donors (Lipinski definition) is 4. The van der Waals surface area contributed by atoms with Gasteiger partial charge in [-0.2, -0.15) is 0 Å². The number of nitrogens with two attached hydrogens (primary N) is 4. The molecule has 0 aromatic rings. The van der Waals surface area contributed by atoms with Crippen LogP contribution >= 0.6 is 0 Å². The molecule has 2 atom stereocenters. The second-order valence-corrected chi connectivity index (χ2v) is 4.64. The first-order valence-electron chi connectivity index (χ1n) is 5.51. The lowest BCUT2D eigenvalue weighted by Gasteiger charge is -2.43. The van der Waals surface area contributed by atoms with Crippen LogP contribution in [0.25, 0.3) is 0 Å². The average Bonchev–Trinajstić information content (AvgIpc) is 2.28. The van der Waals surface area contributed by atoms with E-state index in [0.717, 1.165) is 25.8 Å². The van der Waals surface area contributed by atoms with Crippen LogP contribution in [-0.4, -0.2) is 26.2 Å². The van der Waals surface area contributed by atoms with Gasteiger partial charge in [-0.15, -0.1) is 0 Å². The Morgan fingerprint density at radius 1 is 0.929 bits per heavy atom. The van der Waals surface area contributed by atoms with Crippen molar-refractivity contribution in [1.82, 2.24) is 0 Å². The number of rotatable bonds is 4. The second kappa shape index (κ2) is 5.07. The Bertz CT molecular complexity index is 168. The fraction of sp³-hybridized carbons (Fsp3) is 1.00. The standard InChI is InChI=1S/C10H24N4/c11-4-8-1-2-10(6-13,7-14)3-9(8)5-12/h8-9H,1-7,11-14H2. The van der Waals surface area contributed by atoms with Crippen LogP contribution in [0, 0.1) is 17.3 Å². The zero-order chi connectivity index (χ0) is 10.6. The minimum Gasteiger partial charge on any atom is -0.330 e. The highest BCUT2D eigenvalue weighted by atomic mass is 14.7. The van der Waals surface area contributed by atoms with Crippen molar-refractivity contribution in [2.24, 2.45) is 40.2 Å². The molecule has 2 unspecified atom stereocenters. The molecule has 0 saturated heterocycles. The predicted molar refractivity (Wildman–Crippen MR) is 59.5 cm³/mol. The van der Waals surface area contributed by atoms with Gasteiger partial charge in [0.15, 0.2) is 0 Å². The summed E-state index contributed by atoms with van der Waals surface area (Å²) in [6.45, 7) is 2.81. The van der Waals surface area contributed by atoms with Crippen LogP contribution in [0.2, 0.25) is 0 Å². The SMILES string of the molecule is NCC1CCC(CN)(CN)CC1CN. The maximum Gasteiger partial charge on any atom is -0.000833 e. The average molecular weight is 200 g/mol. The fourth-order valence-corrected chi connectivity index (χ4v) is 2.59. The van der Waals surface area contributed by atoms with Gasteiger partial charge in [-0.3, -0.25) is 0 Å². The molecule has 0 aromatic carbocycles. The summed E-state index contributed by atoms with van der Waals surface area (Å²) in [6.07, 6.45) is 3.30. The molecule has 0 aliphatic heterocycles. The van der Waals surface area contributed by atoms with Crippen molar-refractivity contribution in [2.45, 2.75) is 19.3 Å². The van der Waals surface area contributed by atoms with Crippen LogP contribution in [0.15, 0.2) is 0 Å². The molecule has 0 spiro atoms. The summed E-state index contributed by atoms with van der Waals surface area (Å²) in [5.41, 5.74) is 23.2. The Hall–Kier alpha value is -0.160. The van der Waals surface area contributed by atoms with Gasteiger partial charge in [0.05, 0.1) is 0 Å². The Kier molecular flexibility index (Phi) is 4.31. The minimum atomic E-state index is 0.135. The van der Waals surface area contributed by atoms with E-state index < -0.39 is 0 Å². The van der Waals surface area contributed by atoms with E-state index in [2.05, 4.69) is 0 Å². The molecule has 1 saturated carbocycles. The molecule has 1 fully saturated rings. The molecule has 0 amide bonds. The third kappa shape index (κ3) is 2.25. The topological polar surface area (TPSA) is 104 Å². The monoisotopic (exact) mass is 200 g/mol. The molecule has 0 bridgehead atoms. The highest BCUT2D eigenvalue weighted by Crippen LogP contribution is 2.40. The van der Waals surface area contributed by atoms with Crippen LogP contribution in [0.3, 0.4) is 0 Å². The summed E-state index contributed by atoms with van der Waals surface area (Å²) in [5, 5.41) is 0. The van der Waals surface area contributed by atoms with Crippen LogP contribution in [0.4, 0.5) is 0 Å². The normalized spacial score (nSPS) is 31.7. The molecule has 1 rings (SSSR count). The van der Waals surface area contributed by atoms with Crippen molar-refractivity contribution in [1.29, 1.82) is 0 Å². The summed E-state index contributed by atoms with van der Waals surface area (Å²) < 4.78 is 0. The van der Waals surface area contributed by atoms with E-state index in [1.807, 2.05) is 0 Å². The van der Waals surface area contributed by atoms with Gasteiger partial charge >= 0.3 is 0 Å². The van der Waals surface area contributed by atoms with Gasteiger partial charge in [0.25, 0.3) is 0 Å². The van der Waals surface area contributed by atoms with Crippen molar-refractivity contribution in [3.05, 3.63) is 0 Å². The molecule has 1 aliphatic carbocycles. The van der Waals surface area contributed by atoms with Crippen LogP contribution < -0.4 is 22.9 Å². The molecule has 1 aliphatic rings. The third-order valence-corrected chi connectivity index (χ3v) is 3.88. The van der Waals surface area contributed by atoms with E-state index in [1.54, 1.807) is 0 Å². The van der Waals surface area contributed by atoms with E-state index >= 15 is 0 Å². The molecule has 84 valence electrons. The van der Waals surface area contributed by atoms with Gasteiger partial charge in [0, 0.05) is 0 Å². The summed E-state index contributed by atoms with van der Waals surface area (Å²) in [6, 6.07) is 0. The van der Waals surface area contributed by atoms with Crippen LogP contribution in [-0.2, 0) is 0 Å². The van der Waals surface area contributed by atoms with Crippen molar-refractivity contribution >= 4 is 0 Å². The highest BCUT2D eigenvalue weighted by molar-refractivity contribution is 4.92. The van der Waals surface area contributed by atoms with E-state index in [1.165, 1.54) is 0 Å². The maximum absolute atomic E-state index is 5.80. The Morgan fingerprint density at radius 2 is 1.50 bits per heavy atom. The molecule has 4 heteroatoms. The van der Waals surface area contributed by atoms with E-state index in [4.69, 9.17) is 22.9 Å². The lowest BCUT2D eigenvalue weighted by molar-refractivity contribution is 0.108. The van der Waals surface area contributed by atoms with Gasteiger partial charge in [0.2, 0.25) is 0 Å². The minimum absolute atomic E-state index is 0.135. The van der Waals surface area contributed by atoms with Crippen LogP contribution in [0.5, 0.6) is 0 Å². The molecular formula is C10H24N4. The quantitative estimate of drug-likeness (QED) is 0.478. The molecule has 0 aromatic heterocycles. The van der Waals surface area contributed by atoms with Crippen molar-refractivity contribution < 1.29 is 0 Å². The summed E-state index contributed by atoms with van der Waals surface area (Å²) in [7, 11) is 0. The van der Waals surface area contributed by atoms with E-state index in [9.17, 15) is 0 Å². The van der Waals surface area contributed by atoms with Gasteiger partial charge in [-0.25, -0.2) is 0 Å². The summed E-state index contributed by atoms with van der Waals surface area (Å²) in [5.74, 6) is 1.09. The van der Waals surface area contributed by atoms with Gasteiger partial charge < -0.3 is 22.9 Å². The second-order valence-electron chi connectivity index (χ2n) is 4.64. The maximum atomic E-state index is 5.80. The first kappa shape index (κ1) is 11.9. The first-order chi connectivity index (χ1) is 6.71. The fourth-order valence-electron chi connectivity index (χ4n) is 2.59. The smallest absolute Gasteiger partial charge is 0.000833 e. The van der Waals surface area contributed by atoms with Crippen molar-refractivity contribution in [3.8, 4) is 0 Å². The van der Waals surface area contributed by atoms with Crippen molar-refractivity contribution in [2.75, 3.05) is 26.2 Å². The molecule has 0 radical (unpaired) electrons. The molecule has 4 nitrogen and oxygen atoms in total. The lowest BCUT2D eigenvalue weighted by atomic mass is 9.65. The van der Waals surface area contributed by atoms with Crippen LogP contribution in [0.1, 0.15) is 19.3 Å². The van der Waals surface area contributed by atoms with Crippen molar-refractivity contribution in [3.63, 3.8) is 0 Å². The lowest BCUT2D eigenvalue weighted by Crippen LogP contribution is -2.47. The third-order valence-electron chi connectivity index (χ3n) is 3.88. The molecule has 8 N–H and O–H groups in total. The van der Waals surface area contributed by atoms with E-state index in [0.29, 0.717) is 31.5 Å². The summed E-state index contributed by atoms with van der Waals surface area (Å²) in [4.78, 5) is 0. The van der Waals surface area contributed by atoms with E-state index in [-0.39, 0.29) is 5.41 Å².